The van der Waals surface area contributed by atoms with Gasteiger partial charge in [-0.25, -0.2) is 13.4 Å². The number of nitrogens with one attached hydrogen (secondary N) is 2. The Balaban J connectivity index is 1.58. The van der Waals surface area contributed by atoms with Crippen LogP contribution in [0.15, 0.2) is 71.6 Å². The van der Waals surface area contributed by atoms with E-state index in [0.717, 1.165) is 10.2 Å². The molecule has 1 heterocycles. The number of anilines is 2. The maximum Gasteiger partial charge on any atom is 0.261 e. The van der Waals surface area contributed by atoms with Crippen LogP contribution in [0.2, 0.25) is 0 Å². The third kappa shape index (κ3) is 4.52. The van der Waals surface area contributed by atoms with E-state index in [1.54, 1.807) is 37.3 Å². The lowest BCUT2D eigenvalue weighted by molar-refractivity contribution is 0.102. The van der Waals surface area contributed by atoms with Crippen LogP contribution in [0, 0.1) is 6.92 Å². The Morgan fingerprint density at radius 3 is 2.48 bits per heavy atom. The fraction of sp³-hybridized carbons (Fsp3) is 0.0909. The first-order valence-electron chi connectivity index (χ1n) is 9.30. The topological polar surface area (TPSA) is 97.4 Å². The van der Waals surface area contributed by atoms with Crippen molar-refractivity contribution in [2.24, 2.45) is 0 Å². The standard InChI is InChI=1S/C22H19N3O4S2/c1-14-7-12-17(31(27,28)25-15-8-10-16(29-2)11-9-15)13-18(14)21(26)24-22-23-19-5-3-4-6-20(19)30-22/h3-13,25H,1-2H3,(H,23,24,26). The predicted molar refractivity (Wildman–Crippen MR) is 123 cm³/mol. The molecule has 9 heteroatoms. The Bertz CT molecular complexity index is 1330. The number of rotatable bonds is 6. The average molecular weight is 454 g/mol. The van der Waals surface area contributed by atoms with E-state index in [9.17, 15) is 13.2 Å². The van der Waals surface area contributed by atoms with Crippen molar-refractivity contribution >= 4 is 48.3 Å². The van der Waals surface area contributed by atoms with E-state index in [1.807, 2.05) is 24.3 Å². The van der Waals surface area contributed by atoms with Crippen LogP contribution >= 0.6 is 11.3 Å². The number of methoxy groups -OCH3 is 1. The van der Waals surface area contributed by atoms with Crippen LogP contribution in [0.4, 0.5) is 10.8 Å². The van der Waals surface area contributed by atoms with Gasteiger partial charge in [-0.05, 0) is 61.0 Å². The van der Waals surface area contributed by atoms with Gasteiger partial charge < -0.3 is 4.74 Å². The summed E-state index contributed by atoms with van der Waals surface area (Å²) in [6, 6.07) is 18.5. The number of aryl methyl sites for hydroxylation is 1. The highest BCUT2D eigenvalue weighted by Crippen LogP contribution is 2.27. The molecule has 0 fully saturated rings. The number of sulfonamides is 1. The number of amides is 1. The van der Waals surface area contributed by atoms with Crippen molar-refractivity contribution in [3.8, 4) is 5.75 Å². The lowest BCUT2D eigenvalue weighted by Crippen LogP contribution is -2.17. The van der Waals surface area contributed by atoms with Gasteiger partial charge in [0.2, 0.25) is 0 Å². The van der Waals surface area contributed by atoms with Gasteiger partial charge in [0.1, 0.15) is 5.75 Å². The second-order valence-corrected chi connectivity index (χ2v) is 9.46. The Morgan fingerprint density at radius 2 is 1.77 bits per heavy atom. The summed E-state index contributed by atoms with van der Waals surface area (Å²) in [6.07, 6.45) is 0. The predicted octanol–water partition coefficient (Wildman–Crippen LogP) is 4.67. The van der Waals surface area contributed by atoms with Crippen LogP contribution in [0.25, 0.3) is 10.2 Å². The van der Waals surface area contributed by atoms with Gasteiger partial charge in [0.25, 0.3) is 15.9 Å². The Hall–Kier alpha value is -3.43. The molecule has 1 aromatic heterocycles. The molecule has 1 amide bonds. The number of para-hydroxylation sites is 1. The van der Waals surface area contributed by atoms with Crippen molar-refractivity contribution in [1.29, 1.82) is 0 Å². The van der Waals surface area contributed by atoms with Crippen LogP contribution in [0.5, 0.6) is 5.75 Å². The van der Waals surface area contributed by atoms with Crippen LogP contribution in [-0.4, -0.2) is 26.4 Å². The lowest BCUT2D eigenvalue weighted by Gasteiger charge is -2.11. The molecule has 0 spiro atoms. The number of nitrogens with zero attached hydrogens (tertiary/aromatic N) is 1. The number of hydrogen-bond acceptors (Lipinski definition) is 6. The first-order chi connectivity index (χ1) is 14.9. The molecular weight excluding hydrogens is 434 g/mol. The van der Waals surface area contributed by atoms with E-state index in [2.05, 4.69) is 15.0 Å². The van der Waals surface area contributed by atoms with Gasteiger partial charge in [0.15, 0.2) is 5.13 Å². The molecule has 31 heavy (non-hydrogen) atoms. The third-order valence-corrected chi connectivity index (χ3v) is 6.95. The highest BCUT2D eigenvalue weighted by Gasteiger charge is 2.19. The summed E-state index contributed by atoms with van der Waals surface area (Å²) in [5, 5.41) is 3.22. The molecule has 0 atom stereocenters. The van der Waals surface area contributed by atoms with E-state index in [4.69, 9.17) is 4.74 Å². The number of thiazole rings is 1. The summed E-state index contributed by atoms with van der Waals surface area (Å²) in [5.74, 6) is 0.199. The fourth-order valence-corrected chi connectivity index (χ4v) is 4.92. The van der Waals surface area contributed by atoms with Crippen LogP contribution < -0.4 is 14.8 Å². The number of carbonyl (C=O) groups is 1. The average Bonchev–Trinajstić information content (AvgIpc) is 3.16. The molecule has 4 rings (SSSR count). The third-order valence-electron chi connectivity index (χ3n) is 4.62. The van der Waals surface area contributed by atoms with E-state index in [1.165, 1.54) is 30.6 Å². The number of carbonyl (C=O) groups excluding carboxylic acids is 1. The quantitative estimate of drug-likeness (QED) is 0.442. The Kier molecular flexibility index (Phi) is 5.62. The maximum atomic E-state index is 12.8. The molecule has 7 nitrogen and oxygen atoms in total. The lowest BCUT2D eigenvalue weighted by atomic mass is 10.1. The number of ether oxygens (including phenoxy) is 1. The molecule has 4 aromatic rings. The van der Waals surface area contributed by atoms with Crippen molar-refractivity contribution in [3.63, 3.8) is 0 Å². The monoisotopic (exact) mass is 453 g/mol. The zero-order valence-corrected chi connectivity index (χ0v) is 18.4. The van der Waals surface area contributed by atoms with E-state index in [0.29, 0.717) is 22.1 Å². The second kappa shape index (κ2) is 8.37. The van der Waals surface area contributed by atoms with Gasteiger partial charge in [0.05, 0.1) is 22.2 Å². The number of aromatic nitrogens is 1. The molecule has 0 saturated heterocycles. The molecule has 2 N–H and O–H groups in total. The molecule has 0 aliphatic rings. The SMILES string of the molecule is COc1ccc(NS(=O)(=O)c2ccc(C)c(C(=O)Nc3nc4ccccc4s3)c2)cc1. The Labute approximate surface area is 183 Å². The minimum absolute atomic E-state index is 0.0108. The molecule has 0 saturated carbocycles. The van der Waals surface area contributed by atoms with Crippen LogP contribution in [0.1, 0.15) is 15.9 Å². The largest absolute Gasteiger partial charge is 0.497 e. The summed E-state index contributed by atoms with van der Waals surface area (Å²) in [4.78, 5) is 17.2. The summed E-state index contributed by atoms with van der Waals surface area (Å²) in [6.45, 7) is 1.75. The van der Waals surface area contributed by atoms with Crippen molar-refractivity contribution in [3.05, 3.63) is 77.9 Å². The van der Waals surface area contributed by atoms with Gasteiger partial charge >= 0.3 is 0 Å². The molecule has 0 unspecified atom stereocenters. The van der Waals surface area contributed by atoms with E-state index in [-0.39, 0.29) is 10.5 Å². The van der Waals surface area contributed by atoms with E-state index < -0.39 is 15.9 Å². The van der Waals surface area contributed by atoms with Crippen molar-refractivity contribution in [1.82, 2.24) is 4.98 Å². The summed E-state index contributed by atoms with van der Waals surface area (Å²) in [5.41, 5.74) is 2.10. The van der Waals surface area contributed by atoms with Gasteiger partial charge in [-0.1, -0.05) is 29.5 Å². The van der Waals surface area contributed by atoms with Gasteiger partial charge in [-0.2, -0.15) is 0 Å². The molecule has 0 radical (unpaired) electrons. The molecule has 3 aromatic carbocycles. The first-order valence-corrected chi connectivity index (χ1v) is 11.6. The normalized spacial score (nSPS) is 11.3. The zero-order chi connectivity index (χ0) is 22.0. The minimum atomic E-state index is -3.88. The number of hydrogen-bond donors (Lipinski definition) is 2. The van der Waals surface area contributed by atoms with Gasteiger partial charge in [-0.15, -0.1) is 0 Å². The maximum absolute atomic E-state index is 12.8. The van der Waals surface area contributed by atoms with Crippen molar-refractivity contribution in [2.75, 3.05) is 17.1 Å². The highest BCUT2D eigenvalue weighted by atomic mass is 32.2. The fourth-order valence-electron chi connectivity index (χ4n) is 2.98. The zero-order valence-electron chi connectivity index (χ0n) is 16.7. The summed E-state index contributed by atoms with van der Waals surface area (Å²) >= 11 is 1.36. The number of fused-ring (bicyclic) bond motifs is 1. The van der Waals surface area contributed by atoms with Gasteiger partial charge in [-0.3, -0.25) is 14.8 Å². The minimum Gasteiger partial charge on any atom is -0.497 e. The molecule has 0 bridgehead atoms. The molecule has 0 aliphatic carbocycles. The molecular formula is C22H19N3O4S2. The smallest absolute Gasteiger partial charge is 0.261 e. The second-order valence-electron chi connectivity index (χ2n) is 6.75. The number of benzene rings is 3. The molecule has 0 aliphatic heterocycles. The Morgan fingerprint density at radius 1 is 1.03 bits per heavy atom. The van der Waals surface area contributed by atoms with Crippen molar-refractivity contribution < 1.29 is 17.9 Å². The van der Waals surface area contributed by atoms with E-state index >= 15 is 0 Å². The van der Waals surface area contributed by atoms with Crippen LogP contribution in [-0.2, 0) is 10.0 Å². The first kappa shape index (κ1) is 20.8. The highest BCUT2D eigenvalue weighted by molar-refractivity contribution is 7.92. The summed E-state index contributed by atoms with van der Waals surface area (Å²) in [7, 11) is -2.35. The summed E-state index contributed by atoms with van der Waals surface area (Å²) < 4.78 is 34.2. The van der Waals surface area contributed by atoms with Crippen LogP contribution in [0.3, 0.4) is 0 Å². The molecule has 158 valence electrons. The van der Waals surface area contributed by atoms with Gasteiger partial charge in [0, 0.05) is 11.3 Å². The van der Waals surface area contributed by atoms with Crippen molar-refractivity contribution in [2.45, 2.75) is 11.8 Å².